The first-order valence-electron chi connectivity index (χ1n) is 10.6. The van der Waals surface area contributed by atoms with Crippen molar-refractivity contribution in [2.24, 2.45) is 0 Å². The molecule has 32 heavy (non-hydrogen) atoms. The fourth-order valence-electron chi connectivity index (χ4n) is 4.31. The van der Waals surface area contributed by atoms with Crippen molar-refractivity contribution < 1.29 is 0 Å². The SMILES string of the molecule is Clc1ccc(-c2nnc3c4ccccc4nc(N4CCN(Cc5ccsc5)CC4)n23)cc1. The Balaban J connectivity index is 1.41. The molecule has 4 heterocycles. The van der Waals surface area contributed by atoms with Gasteiger partial charge in [0, 0.05) is 48.7 Å². The van der Waals surface area contributed by atoms with Gasteiger partial charge in [-0.25, -0.2) is 9.38 Å². The van der Waals surface area contributed by atoms with E-state index < -0.39 is 0 Å². The van der Waals surface area contributed by atoms with Crippen molar-refractivity contribution in [2.75, 3.05) is 31.1 Å². The van der Waals surface area contributed by atoms with Gasteiger partial charge in [-0.2, -0.15) is 11.3 Å². The van der Waals surface area contributed by atoms with Crippen LogP contribution in [0.3, 0.4) is 0 Å². The minimum atomic E-state index is 0.702. The van der Waals surface area contributed by atoms with Crippen LogP contribution in [0.15, 0.2) is 65.4 Å². The van der Waals surface area contributed by atoms with Crippen LogP contribution in [-0.4, -0.2) is 50.7 Å². The molecule has 0 aliphatic carbocycles. The Labute approximate surface area is 194 Å². The number of thiophene rings is 1. The van der Waals surface area contributed by atoms with E-state index in [-0.39, 0.29) is 0 Å². The second-order valence-corrected chi connectivity index (χ2v) is 9.23. The zero-order valence-corrected chi connectivity index (χ0v) is 18.9. The fourth-order valence-corrected chi connectivity index (χ4v) is 5.10. The van der Waals surface area contributed by atoms with Crippen LogP contribution in [-0.2, 0) is 6.54 Å². The predicted molar refractivity (Wildman–Crippen MR) is 131 cm³/mol. The minimum Gasteiger partial charge on any atom is -0.339 e. The van der Waals surface area contributed by atoms with Crippen molar-refractivity contribution in [1.29, 1.82) is 0 Å². The van der Waals surface area contributed by atoms with E-state index in [1.54, 1.807) is 11.3 Å². The Morgan fingerprint density at radius 2 is 1.72 bits per heavy atom. The molecule has 6 rings (SSSR count). The molecule has 6 nitrogen and oxygen atoms in total. The van der Waals surface area contributed by atoms with E-state index in [1.807, 2.05) is 42.5 Å². The first kappa shape index (κ1) is 19.7. The number of hydrogen-bond donors (Lipinski definition) is 0. The van der Waals surface area contributed by atoms with Gasteiger partial charge in [-0.05, 0) is 58.8 Å². The Hall–Kier alpha value is -3.00. The largest absolute Gasteiger partial charge is 0.339 e. The van der Waals surface area contributed by atoms with E-state index in [4.69, 9.17) is 16.6 Å². The summed E-state index contributed by atoms with van der Waals surface area (Å²) in [6.07, 6.45) is 0. The molecule has 0 unspecified atom stereocenters. The van der Waals surface area contributed by atoms with Gasteiger partial charge in [-0.1, -0.05) is 23.7 Å². The number of anilines is 1. The highest BCUT2D eigenvalue weighted by atomic mass is 35.5. The van der Waals surface area contributed by atoms with Gasteiger partial charge in [0.1, 0.15) is 0 Å². The van der Waals surface area contributed by atoms with Crippen LogP contribution < -0.4 is 4.90 Å². The summed E-state index contributed by atoms with van der Waals surface area (Å²) in [6, 6.07) is 18.1. The lowest BCUT2D eigenvalue weighted by atomic mass is 10.2. The normalized spacial score (nSPS) is 15.1. The first-order valence-corrected chi connectivity index (χ1v) is 12.0. The number of benzene rings is 2. The van der Waals surface area contributed by atoms with Crippen LogP contribution in [0.5, 0.6) is 0 Å². The third-order valence-corrected chi connectivity index (χ3v) is 6.96. The molecule has 0 spiro atoms. The summed E-state index contributed by atoms with van der Waals surface area (Å²) in [4.78, 5) is 9.93. The molecule has 0 radical (unpaired) electrons. The molecule has 8 heteroatoms. The van der Waals surface area contributed by atoms with Crippen molar-refractivity contribution in [3.63, 3.8) is 0 Å². The molecule has 0 atom stereocenters. The average Bonchev–Trinajstić information content (AvgIpc) is 3.50. The third-order valence-electron chi connectivity index (χ3n) is 5.97. The number of halogens is 1. The molecular formula is C24H21ClN6S. The van der Waals surface area contributed by atoms with Gasteiger partial charge in [0.05, 0.1) is 5.52 Å². The summed E-state index contributed by atoms with van der Waals surface area (Å²) < 4.78 is 2.10. The fraction of sp³-hybridized carbons (Fsp3) is 0.208. The van der Waals surface area contributed by atoms with E-state index in [1.165, 1.54) is 5.56 Å². The maximum Gasteiger partial charge on any atom is 0.213 e. The van der Waals surface area contributed by atoms with Gasteiger partial charge in [0.25, 0.3) is 0 Å². The Kier molecular flexibility index (Phi) is 5.02. The summed E-state index contributed by atoms with van der Waals surface area (Å²) in [6.45, 7) is 4.79. The molecule has 2 aromatic carbocycles. The first-order chi connectivity index (χ1) is 15.8. The van der Waals surface area contributed by atoms with Crippen LogP contribution >= 0.6 is 22.9 Å². The topological polar surface area (TPSA) is 49.6 Å². The monoisotopic (exact) mass is 460 g/mol. The third kappa shape index (κ3) is 3.52. The lowest BCUT2D eigenvalue weighted by Gasteiger charge is -2.35. The van der Waals surface area contributed by atoms with Gasteiger partial charge >= 0.3 is 0 Å². The summed E-state index contributed by atoms with van der Waals surface area (Å²) in [7, 11) is 0. The molecule has 1 aliphatic heterocycles. The summed E-state index contributed by atoms with van der Waals surface area (Å²) in [5, 5.41) is 15.2. The molecule has 0 saturated carbocycles. The number of aromatic nitrogens is 4. The zero-order chi connectivity index (χ0) is 21.5. The molecule has 1 aliphatic rings. The molecule has 3 aromatic heterocycles. The van der Waals surface area contributed by atoms with Crippen molar-refractivity contribution in [1.82, 2.24) is 24.5 Å². The number of fused-ring (bicyclic) bond motifs is 3. The molecule has 0 bridgehead atoms. The van der Waals surface area contributed by atoms with Crippen molar-refractivity contribution in [3.8, 4) is 11.4 Å². The summed E-state index contributed by atoms with van der Waals surface area (Å²) >= 11 is 7.88. The lowest BCUT2D eigenvalue weighted by Crippen LogP contribution is -2.46. The van der Waals surface area contributed by atoms with Crippen molar-refractivity contribution in [2.45, 2.75) is 6.54 Å². The van der Waals surface area contributed by atoms with E-state index in [9.17, 15) is 0 Å². The highest BCUT2D eigenvalue weighted by Crippen LogP contribution is 2.29. The maximum atomic E-state index is 6.12. The van der Waals surface area contributed by atoms with Gasteiger partial charge < -0.3 is 4.90 Å². The zero-order valence-electron chi connectivity index (χ0n) is 17.4. The van der Waals surface area contributed by atoms with E-state index in [0.717, 1.165) is 66.6 Å². The number of rotatable bonds is 4. The highest BCUT2D eigenvalue weighted by molar-refractivity contribution is 7.07. The van der Waals surface area contributed by atoms with Crippen LogP contribution in [0.4, 0.5) is 5.95 Å². The van der Waals surface area contributed by atoms with Crippen molar-refractivity contribution >= 4 is 45.4 Å². The average molecular weight is 461 g/mol. The molecule has 0 amide bonds. The number of para-hydroxylation sites is 1. The smallest absolute Gasteiger partial charge is 0.213 e. The second kappa shape index (κ2) is 8.16. The maximum absolute atomic E-state index is 6.12. The molecule has 5 aromatic rings. The Bertz CT molecular complexity index is 1370. The minimum absolute atomic E-state index is 0.702. The molecule has 0 N–H and O–H groups in total. The van der Waals surface area contributed by atoms with Crippen LogP contribution in [0.2, 0.25) is 5.02 Å². The Morgan fingerprint density at radius 3 is 2.50 bits per heavy atom. The molecule has 160 valence electrons. The van der Waals surface area contributed by atoms with Crippen molar-refractivity contribution in [3.05, 3.63) is 75.9 Å². The standard InChI is InChI=1S/C24H21ClN6S/c25-19-7-5-18(6-8-19)22-27-28-23-20-3-1-2-4-21(20)26-24(31(22)23)30-12-10-29(11-13-30)15-17-9-14-32-16-17/h1-9,14,16H,10-13,15H2. The summed E-state index contributed by atoms with van der Waals surface area (Å²) in [5.74, 6) is 1.68. The van der Waals surface area contributed by atoms with E-state index >= 15 is 0 Å². The predicted octanol–water partition coefficient (Wildman–Crippen LogP) is 4.98. The number of nitrogens with zero attached hydrogens (tertiary/aromatic N) is 6. The second-order valence-electron chi connectivity index (χ2n) is 8.01. The van der Waals surface area contributed by atoms with Gasteiger partial charge in [-0.3, -0.25) is 4.90 Å². The quantitative estimate of drug-likeness (QED) is 0.378. The molecule has 1 fully saturated rings. The Morgan fingerprint density at radius 1 is 0.906 bits per heavy atom. The van der Waals surface area contributed by atoms with Gasteiger partial charge in [0.15, 0.2) is 11.5 Å². The van der Waals surface area contributed by atoms with Crippen LogP contribution in [0, 0.1) is 0 Å². The summed E-state index contributed by atoms with van der Waals surface area (Å²) in [5.41, 5.74) is 4.12. The van der Waals surface area contributed by atoms with E-state index in [0.29, 0.717) is 5.02 Å². The van der Waals surface area contributed by atoms with Gasteiger partial charge in [-0.15, -0.1) is 10.2 Å². The van der Waals surface area contributed by atoms with Crippen LogP contribution in [0.1, 0.15) is 5.56 Å². The number of hydrogen-bond acceptors (Lipinski definition) is 6. The highest BCUT2D eigenvalue weighted by Gasteiger charge is 2.24. The lowest BCUT2D eigenvalue weighted by molar-refractivity contribution is 0.249. The van der Waals surface area contributed by atoms with Crippen LogP contribution in [0.25, 0.3) is 27.9 Å². The molecule has 1 saturated heterocycles. The van der Waals surface area contributed by atoms with Gasteiger partial charge in [0.2, 0.25) is 5.95 Å². The molecular weight excluding hydrogens is 440 g/mol. The number of piperazine rings is 1. The van der Waals surface area contributed by atoms with E-state index in [2.05, 4.69) is 47.3 Å².